The molecule has 2 atom stereocenters. The molecule has 0 spiro atoms. The van der Waals surface area contributed by atoms with Crippen molar-refractivity contribution < 1.29 is 19.4 Å². The molecule has 0 aromatic rings. The number of ether oxygens (including phenoxy) is 1. The summed E-state index contributed by atoms with van der Waals surface area (Å²) in [5.74, 6) is -1.52. The molecule has 100 valence electrons. The van der Waals surface area contributed by atoms with Gasteiger partial charge in [0.15, 0.2) is 10.7 Å². The Balaban J connectivity index is 4.96. The summed E-state index contributed by atoms with van der Waals surface area (Å²) in [6.45, 7) is 8.83. The largest absolute Gasteiger partial charge is 0.467 e. The molecule has 0 saturated carbocycles. The molecule has 0 aromatic carbocycles. The molecule has 4 nitrogen and oxygen atoms in total. The molecule has 0 rings (SSSR count). The summed E-state index contributed by atoms with van der Waals surface area (Å²) in [6, 6.07) is 0. The first kappa shape index (κ1) is 16.4. The molecule has 0 amide bonds. The van der Waals surface area contributed by atoms with Crippen molar-refractivity contribution >= 4 is 22.8 Å². The van der Waals surface area contributed by atoms with E-state index in [0.29, 0.717) is 6.42 Å². The fourth-order valence-electron chi connectivity index (χ4n) is 1.52. The Bertz CT molecular complexity index is 291. The lowest BCUT2D eigenvalue weighted by atomic mass is 9.88. The van der Waals surface area contributed by atoms with Crippen LogP contribution in [0.15, 0.2) is 0 Å². The van der Waals surface area contributed by atoms with E-state index in [9.17, 15) is 14.7 Å². The highest BCUT2D eigenvalue weighted by atomic mass is 32.2. The van der Waals surface area contributed by atoms with Crippen molar-refractivity contribution in [3.63, 3.8) is 0 Å². The van der Waals surface area contributed by atoms with Gasteiger partial charge in [-0.1, -0.05) is 39.5 Å². The summed E-state index contributed by atoms with van der Waals surface area (Å²) >= 11 is 1.14. The van der Waals surface area contributed by atoms with Crippen LogP contribution in [0.25, 0.3) is 0 Å². The predicted octanol–water partition coefficient (Wildman–Crippen LogP) is 1.99. The Kier molecular flexibility index (Phi) is 5.68. The Morgan fingerprint density at radius 1 is 1.29 bits per heavy atom. The average Bonchev–Trinajstić information content (AvgIpc) is 2.14. The zero-order chi connectivity index (χ0) is 13.9. The number of hydrogen-bond acceptors (Lipinski definition) is 5. The number of rotatable bonds is 4. The molecule has 0 bridgehead atoms. The van der Waals surface area contributed by atoms with Crippen LogP contribution in [0, 0.1) is 5.92 Å². The molecule has 0 fully saturated rings. The minimum Gasteiger partial charge on any atom is -0.467 e. The number of carbonyl (C=O) groups is 2. The Labute approximate surface area is 107 Å². The first-order chi connectivity index (χ1) is 7.56. The van der Waals surface area contributed by atoms with E-state index in [1.807, 2.05) is 20.8 Å². The van der Waals surface area contributed by atoms with Crippen LogP contribution in [-0.4, -0.2) is 33.6 Å². The van der Waals surface area contributed by atoms with Gasteiger partial charge in [-0.2, -0.15) is 0 Å². The van der Waals surface area contributed by atoms with Crippen LogP contribution in [0.2, 0.25) is 0 Å². The van der Waals surface area contributed by atoms with Gasteiger partial charge in [0.1, 0.15) is 0 Å². The van der Waals surface area contributed by atoms with E-state index in [1.54, 1.807) is 6.92 Å². The minimum atomic E-state index is -1.77. The van der Waals surface area contributed by atoms with Crippen LogP contribution in [0.5, 0.6) is 0 Å². The van der Waals surface area contributed by atoms with Crippen LogP contribution in [0.4, 0.5) is 0 Å². The van der Waals surface area contributed by atoms with Gasteiger partial charge in [0.2, 0.25) is 0 Å². The predicted molar refractivity (Wildman–Crippen MR) is 68.8 cm³/mol. The third kappa shape index (κ3) is 4.68. The van der Waals surface area contributed by atoms with Gasteiger partial charge in [-0.15, -0.1) is 0 Å². The Morgan fingerprint density at radius 3 is 2.06 bits per heavy atom. The van der Waals surface area contributed by atoms with Crippen molar-refractivity contribution in [3.05, 3.63) is 0 Å². The maximum Gasteiger partial charge on any atom is 0.338 e. The maximum absolute atomic E-state index is 12.1. The smallest absolute Gasteiger partial charge is 0.338 e. The summed E-state index contributed by atoms with van der Waals surface area (Å²) in [6.07, 6.45) is 0.393. The first-order valence-electron chi connectivity index (χ1n) is 5.60. The summed E-state index contributed by atoms with van der Waals surface area (Å²) in [5, 5.41) is 9.92. The second kappa shape index (κ2) is 5.87. The van der Waals surface area contributed by atoms with Crippen molar-refractivity contribution in [1.29, 1.82) is 0 Å². The molecular formula is C12H22O4S. The molecule has 0 saturated heterocycles. The lowest BCUT2D eigenvalue weighted by molar-refractivity contribution is -0.167. The zero-order valence-corrected chi connectivity index (χ0v) is 12.2. The number of thioether (sulfide) groups is 1. The summed E-state index contributed by atoms with van der Waals surface area (Å²) in [4.78, 5) is 23.5. The highest BCUT2D eigenvalue weighted by molar-refractivity contribution is 8.14. The summed E-state index contributed by atoms with van der Waals surface area (Å²) in [7, 11) is 1.20. The lowest BCUT2D eigenvalue weighted by Gasteiger charge is -2.30. The van der Waals surface area contributed by atoms with E-state index in [4.69, 9.17) is 0 Å². The van der Waals surface area contributed by atoms with Gasteiger partial charge in [-0.3, -0.25) is 4.79 Å². The van der Waals surface area contributed by atoms with Crippen molar-refractivity contribution in [3.8, 4) is 0 Å². The van der Waals surface area contributed by atoms with Gasteiger partial charge < -0.3 is 9.84 Å². The van der Waals surface area contributed by atoms with Crippen LogP contribution >= 0.6 is 11.8 Å². The van der Waals surface area contributed by atoms with E-state index in [-0.39, 0.29) is 9.86 Å². The molecular weight excluding hydrogens is 240 g/mol. The van der Waals surface area contributed by atoms with E-state index >= 15 is 0 Å². The number of hydrogen-bond donors (Lipinski definition) is 1. The molecule has 0 heterocycles. The minimum absolute atomic E-state index is 0.185. The van der Waals surface area contributed by atoms with E-state index < -0.39 is 17.5 Å². The van der Waals surface area contributed by atoms with E-state index in [0.717, 1.165) is 11.8 Å². The summed E-state index contributed by atoms with van der Waals surface area (Å²) < 4.78 is 4.29. The van der Waals surface area contributed by atoms with Gasteiger partial charge in [-0.05, 0) is 13.3 Å². The lowest BCUT2D eigenvalue weighted by Crippen LogP contribution is -2.47. The highest BCUT2D eigenvalue weighted by Gasteiger charge is 2.44. The molecule has 0 radical (unpaired) electrons. The van der Waals surface area contributed by atoms with E-state index in [1.165, 1.54) is 14.0 Å². The fourth-order valence-corrected chi connectivity index (χ4v) is 2.66. The zero-order valence-electron chi connectivity index (χ0n) is 11.4. The van der Waals surface area contributed by atoms with Crippen LogP contribution < -0.4 is 0 Å². The molecule has 5 heteroatoms. The SMILES string of the molecule is CC[C@@H](C(=O)SC(C)(C)C)[C@](C)(O)C(=O)OC. The van der Waals surface area contributed by atoms with Gasteiger partial charge in [0.25, 0.3) is 0 Å². The number of methoxy groups -OCH3 is 1. The highest BCUT2D eigenvalue weighted by Crippen LogP contribution is 2.33. The topological polar surface area (TPSA) is 63.6 Å². The maximum atomic E-state index is 12.1. The normalized spacial score (nSPS) is 17.1. The van der Waals surface area contributed by atoms with Gasteiger partial charge in [0.05, 0.1) is 13.0 Å². The third-order valence-electron chi connectivity index (χ3n) is 2.38. The molecule has 0 aromatic heterocycles. The van der Waals surface area contributed by atoms with E-state index in [2.05, 4.69) is 4.74 Å². The Morgan fingerprint density at radius 2 is 1.76 bits per heavy atom. The average molecular weight is 262 g/mol. The standard InChI is InChI=1S/C12H22O4S/c1-7-8(9(13)17-11(2,3)4)12(5,15)10(14)16-6/h8,15H,7H2,1-6H3/t8-,12-/m0/s1. The third-order valence-corrected chi connectivity index (χ3v) is 3.47. The number of esters is 1. The van der Waals surface area contributed by atoms with Crippen molar-refractivity contribution in [2.45, 2.75) is 51.4 Å². The van der Waals surface area contributed by atoms with Crippen LogP contribution in [-0.2, 0) is 14.3 Å². The fraction of sp³-hybridized carbons (Fsp3) is 0.833. The second-order valence-corrected chi connectivity index (χ2v) is 6.96. The number of carbonyl (C=O) groups excluding carboxylic acids is 2. The molecule has 0 aliphatic rings. The Hall–Kier alpha value is -0.550. The summed E-state index contributed by atoms with van der Waals surface area (Å²) in [5.41, 5.74) is -1.77. The van der Waals surface area contributed by atoms with Crippen molar-refractivity contribution in [1.82, 2.24) is 0 Å². The quantitative estimate of drug-likeness (QED) is 0.785. The molecule has 1 N–H and O–H groups in total. The molecule has 17 heavy (non-hydrogen) atoms. The van der Waals surface area contributed by atoms with Gasteiger partial charge in [-0.25, -0.2) is 4.79 Å². The van der Waals surface area contributed by atoms with Crippen molar-refractivity contribution in [2.24, 2.45) is 5.92 Å². The van der Waals surface area contributed by atoms with Gasteiger partial charge >= 0.3 is 5.97 Å². The second-order valence-electron chi connectivity index (χ2n) is 5.13. The molecule has 0 aliphatic heterocycles. The number of aliphatic hydroxyl groups is 1. The molecule has 0 aliphatic carbocycles. The first-order valence-corrected chi connectivity index (χ1v) is 6.41. The monoisotopic (exact) mass is 262 g/mol. The molecule has 0 unspecified atom stereocenters. The van der Waals surface area contributed by atoms with Crippen molar-refractivity contribution in [2.75, 3.05) is 7.11 Å². The van der Waals surface area contributed by atoms with Gasteiger partial charge in [0, 0.05) is 4.75 Å². The van der Waals surface area contributed by atoms with Crippen LogP contribution in [0.3, 0.4) is 0 Å². The van der Waals surface area contributed by atoms with Crippen LogP contribution in [0.1, 0.15) is 41.0 Å².